The Morgan fingerprint density at radius 3 is 1.27 bits per heavy atom. The molecule has 6 N–H and O–H groups in total. The van der Waals surface area contributed by atoms with Gasteiger partial charge in [-0.25, -0.2) is 4.98 Å². The van der Waals surface area contributed by atoms with Gasteiger partial charge in [-0.2, -0.15) is 0 Å². The average Bonchev–Trinajstić information content (AvgIpc) is 1.65. The van der Waals surface area contributed by atoms with Crippen LogP contribution in [0.4, 0.5) is 11.4 Å². The van der Waals surface area contributed by atoms with E-state index in [0.717, 1.165) is 65.6 Å². The number of imidazole rings is 1. The van der Waals surface area contributed by atoms with Gasteiger partial charge in [0.25, 0.3) is 0 Å². The molecule has 0 bridgehead atoms. The Kier molecular flexibility index (Phi) is 61.6. The second kappa shape index (κ2) is 69.6. The number of para-hydroxylation sites is 3. The van der Waals surface area contributed by atoms with Crippen molar-refractivity contribution in [1.82, 2.24) is 20.2 Å². The molecule has 0 amide bonds. The van der Waals surface area contributed by atoms with Crippen LogP contribution in [0.1, 0.15) is 232 Å². The number of ether oxygens (including phenoxy) is 5. The Bertz CT molecular complexity index is 3400. The van der Waals surface area contributed by atoms with Gasteiger partial charge in [0.2, 0.25) is 0 Å². The van der Waals surface area contributed by atoms with E-state index in [-0.39, 0.29) is 18.7 Å². The van der Waals surface area contributed by atoms with Crippen molar-refractivity contribution in [3.63, 3.8) is 0 Å². The van der Waals surface area contributed by atoms with E-state index in [0.29, 0.717) is 63.1 Å². The van der Waals surface area contributed by atoms with Gasteiger partial charge < -0.3 is 59.1 Å². The topological polar surface area (TPSA) is 178 Å². The first-order chi connectivity index (χ1) is 56.6. The fourth-order valence-electron chi connectivity index (χ4n) is 13.8. The third-order valence-electron chi connectivity index (χ3n) is 20.8. The lowest BCUT2D eigenvalue weighted by molar-refractivity contribution is -0.929. The van der Waals surface area contributed by atoms with Gasteiger partial charge in [0.05, 0.1) is 102 Å². The van der Waals surface area contributed by atoms with E-state index in [1.54, 1.807) is 32.4 Å². The number of quaternary nitrogens is 1. The highest BCUT2D eigenvalue weighted by atomic mass is 16.5. The Morgan fingerprint density at radius 1 is 0.397 bits per heavy atom. The lowest BCUT2D eigenvalue weighted by atomic mass is 10.0. The summed E-state index contributed by atoms with van der Waals surface area (Å²) >= 11 is 0. The Labute approximate surface area is 704 Å². The Morgan fingerprint density at radius 2 is 0.802 bits per heavy atom. The van der Waals surface area contributed by atoms with Crippen molar-refractivity contribution in [3.8, 4) is 39.7 Å². The number of aliphatic imine (C=N–C) groups is 1. The molecule has 0 aliphatic carbocycles. The van der Waals surface area contributed by atoms with Crippen molar-refractivity contribution < 1.29 is 43.9 Å². The zero-order valence-corrected chi connectivity index (χ0v) is 74.0. The largest absolute Gasteiger partial charge is 0.490 e. The van der Waals surface area contributed by atoms with Crippen molar-refractivity contribution >= 4 is 17.1 Å². The number of unbranched alkanes of at least 4 members (excludes halogenated alkanes) is 16. The fraction of sp³-hybridized carbons (Fsp3) is 0.545. The summed E-state index contributed by atoms with van der Waals surface area (Å²) in [5, 5.41) is 22.3. The molecular formula is C101H158N7O8+. The van der Waals surface area contributed by atoms with E-state index in [9.17, 15) is 10.2 Å². The number of rotatable bonds is 55. The zero-order valence-electron chi connectivity index (χ0n) is 74.0. The molecule has 0 radical (unpaired) electrons. The fourth-order valence-corrected chi connectivity index (χ4v) is 13.8. The van der Waals surface area contributed by atoms with Crippen LogP contribution in [0.5, 0.6) is 5.75 Å². The number of aliphatic hydroxyl groups is 2. The maximum Gasteiger partial charge on any atom is 0.138 e. The molecule has 15 nitrogen and oxygen atoms in total. The number of aromatic nitrogens is 2. The number of nitrogens with one attached hydrogen (secondary N) is 2. The summed E-state index contributed by atoms with van der Waals surface area (Å²) < 4.78 is 28.4. The predicted octanol–water partition coefficient (Wildman–Crippen LogP) is 23.0. The minimum atomic E-state index is -0.135. The highest BCUT2D eigenvalue weighted by Crippen LogP contribution is 2.34. The molecule has 7 aromatic carbocycles. The number of methoxy groups -OCH3 is 2. The lowest BCUT2D eigenvalue weighted by Gasteiger charge is -2.39. The average molecular weight is 1600 g/mol. The molecule has 8 aromatic rings. The molecular weight excluding hydrogens is 1440 g/mol. The van der Waals surface area contributed by atoms with Crippen LogP contribution in [0.15, 0.2) is 199 Å². The number of nitrogens with zero attached hydrogens (tertiary/aromatic N) is 5. The highest BCUT2D eigenvalue weighted by Gasteiger charge is 2.25. The number of aliphatic hydroxyl groups excluding tert-OH is 2. The molecule has 0 unspecified atom stereocenters. The van der Waals surface area contributed by atoms with E-state index in [1.165, 1.54) is 233 Å². The van der Waals surface area contributed by atoms with Crippen molar-refractivity contribution in [2.45, 2.75) is 229 Å². The van der Waals surface area contributed by atoms with Crippen molar-refractivity contribution in [1.29, 1.82) is 0 Å². The smallest absolute Gasteiger partial charge is 0.138 e. The lowest BCUT2D eigenvalue weighted by Crippen LogP contribution is -2.50. The summed E-state index contributed by atoms with van der Waals surface area (Å²) in [6.45, 7) is 34.9. The summed E-state index contributed by atoms with van der Waals surface area (Å²) in [6, 6.07) is 65.6. The van der Waals surface area contributed by atoms with Gasteiger partial charge in [-0.1, -0.05) is 334 Å². The van der Waals surface area contributed by atoms with Crippen LogP contribution in [-0.4, -0.2) is 173 Å². The third-order valence-corrected chi connectivity index (χ3v) is 20.8. The predicted molar refractivity (Wildman–Crippen MR) is 494 cm³/mol. The number of benzene rings is 7. The monoisotopic (exact) mass is 1600 g/mol. The van der Waals surface area contributed by atoms with E-state index < -0.39 is 0 Å². The number of hydrogen-bond donors (Lipinski definition) is 4. The number of hydrogen-bond acceptors (Lipinski definition) is 12. The van der Waals surface area contributed by atoms with Gasteiger partial charge in [0, 0.05) is 86.9 Å². The molecule has 0 spiro atoms. The van der Waals surface area contributed by atoms with Crippen LogP contribution in [0, 0.1) is 0 Å². The summed E-state index contributed by atoms with van der Waals surface area (Å²) in [7, 11) is 3.39. The van der Waals surface area contributed by atoms with Gasteiger partial charge in [-0.15, -0.1) is 0 Å². The van der Waals surface area contributed by atoms with Crippen LogP contribution < -0.4 is 15.0 Å². The molecule has 644 valence electrons. The van der Waals surface area contributed by atoms with Crippen LogP contribution >= 0.6 is 0 Å². The molecule has 2 heterocycles. The van der Waals surface area contributed by atoms with E-state index in [2.05, 4.69) is 190 Å². The summed E-state index contributed by atoms with van der Waals surface area (Å²) in [5.74, 6) is 1.42. The standard InChI is InChI=1S/C21H16N2.C20H35NO7.C16H36N.C16H35N.C14H11N.C14H23N.H2O/c1-4-10-16(11-5-1)19-20(17-12-6-2-7-13-17)23-21(22-19)18-14-8-3-9-15-18;1-24-9-6-21(7-10-25-2)8-11-26-12-13-27-14-15-28-20-18(16-22)4-3-5-19(20)17-23;1-5-9-13-17(14-10-6-2,15-11-7-3)16-12-8-4;1-3-5-7-9-11-13-15-17-16-14-12-10-8-6-4-2;1-2-6-11(7-3-1)14-10-12-8-4-5-9-13(12)15-14;1-3-5-12-15(13-6-4-2)14-10-8-7-9-11-14;/h1-15H,(H,22,23);3-5,22-23H,6-17H2,1-2H3;5-16H2,1-4H3;17H,3-16H2,1-2H3;1-9H,10H2;7-11H,3-6,12-13H2,1-2H3;1H2/q;;+1;;;;. The Balaban J connectivity index is 0.000000365. The molecule has 1 aliphatic rings. The van der Waals surface area contributed by atoms with Crippen molar-refractivity contribution in [3.05, 3.63) is 216 Å². The highest BCUT2D eigenvalue weighted by molar-refractivity contribution is 6.06. The van der Waals surface area contributed by atoms with Crippen LogP contribution in [-0.2, 0) is 38.6 Å². The SMILES string of the molecule is CCCCCCCCNCCCCCCCC.CCCCN(CCCC)c1ccccc1.CCCC[N+](CCCC)(CCCC)CCCC.COCCN(CCOC)CCOCCOCCOc1c(CO)cccc1CO.O.c1ccc(-c2nc(-c3ccccc3)c(-c3ccccc3)[nH]2)cc1.c1ccc(C2=Nc3ccccc3C2)cc1. The van der Waals surface area contributed by atoms with Gasteiger partial charge in [-0.05, 0) is 93.8 Å². The van der Waals surface area contributed by atoms with Crippen LogP contribution in [0.3, 0.4) is 0 Å². The second-order valence-corrected chi connectivity index (χ2v) is 30.2. The van der Waals surface area contributed by atoms with Gasteiger partial charge in [0.15, 0.2) is 0 Å². The van der Waals surface area contributed by atoms with Crippen LogP contribution in [0.2, 0.25) is 0 Å². The zero-order chi connectivity index (χ0) is 82.5. The first-order valence-electron chi connectivity index (χ1n) is 44.8. The maximum absolute atomic E-state index is 9.37. The molecule has 1 aromatic heterocycles. The minimum absolute atomic E-state index is 0. The quantitative estimate of drug-likeness (QED) is 0.0211. The molecule has 0 saturated carbocycles. The summed E-state index contributed by atoms with van der Waals surface area (Å²) in [4.78, 5) is 17.8. The molecule has 9 rings (SSSR count). The second-order valence-electron chi connectivity index (χ2n) is 30.2. The van der Waals surface area contributed by atoms with E-state index in [4.69, 9.17) is 28.7 Å². The summed E-state index contributed by atoms with van der Waals surface area (Å²) in [6.07, 6.45) is 34.0. The van der Waals surface area contributed by atoms with Crippen LogP contribution in [0.25, 0.3) is 33.9 Å². The first kappa shape index (κ1) is 103. The molecule has 0 atom stereocenters. The Hall–Kier alpha value is -7.38. The number of anilines is 1. The molecule has 1 aliphatic heterocycles. The van der Waals surface area contributed by atoms with Crippen molar-refractivity contribution in [2.24, 2.45) is 4.99 Å². The van der Waals surface area contributed by atoms with E-state index in [1.807, 2.05) is 66.7 Å². The van der Waals surface area contributed by atoms with Crippen molar-refractivity contribution in [2.75, 3.05) is 137 Å². The van der Waals surface area contributed by atoms with Gasteiger partial charge >= 0.3 is 0 Å². The molecule has 0 saturated heterocycles. The van der Waals surface area contributed by atoms with Gasteiger partial charge in [-0.3, -0.25) is 9.89 Å². The maximum atomic E-state index is 9.37. The number of aromatic amines is 1. The summed E-state index contributed by atoms with van der Waals surface area (Å²) in [5.41, 5.74) is 12.9. The molecule has 116 heavy (non-hydrogen) atoms. The van der Waals surface area contributed by atoms with E-state index >= 15 is 0 Å². The molecule has 15 heteroatoms. The first-order valence-corrected chi connectivity index (χ1v) is 44.8. The number of fused-ring (bicyclic) bond motifs is 1. The van der Waals surface area contributed by atoms with Gasteiger partial charge in [0.1, 0.15) is 18.2 Å². The molecule has 0 fully saturated rings. The third kappa shape index (κ3) is 44.4. The minimum Gasteiger partial charge on any atom is -0.490 e. The normalized spacial score (nSPS) is 11.3. The number of H-pyrrole nitrogens is 1.